The van der Waals surface area contributed by atoms with Crippen LogP contribution in [0.15, 0.2) is 47.4 Å². The van der Waals surface area contributed by atoms with E-state index in [0.29, 0.717) is 23.3 Å². The fraction of sp³-hybridized carbons (Fsp3) is 0.208. The number of aromatic carboxylic acids is 1. The molecule has 0 spiro atoms. The lowest BCUT2D eigenvalue weighted by Crippen LogP contribution is -2.26. The van der Waals surface area contributed by atoms with E-state index in [0.717, 1.165) is 33.3 Å². The summed E-state index contributed by atoms with van der Waals surface area (Å²) in [5.41, 5.74) is 3.71. The van der Waals surface area contributed by atoms with E-state index in [1.807, 2.05) is 37.5 Å². The largest absolute Gasteiger partial charge is 0.489 e. The average Bonchev–Trinajstić information content (AvgIpc) is 2.71. The molecule has 1 unspecified atom stereocenters. The smallest absolute Gasteiger partial charge is 0.341 e. The molecule has 1 aliphatic heterocycles. The molecule has 5 rings (SSSR count). The predicted octanol–water partition coefficient (Wildman–Crippen LogP) is 4.49. The lowest BCUT2D eigenvalue weighted by molar-refractivity contribution is 0.0694. The number of hydrogen-bond donors (Lipinski definition) is 1. The van der Waals surface area contributed by atoms with Crippen LogP contribution in [0.3, 0.4) is 0 Å². The van der Waals surface area contributed by atoms with Gasteiger partial charge in [0.25, 0.3) is 0 Å². The Labute approximate surface area is 172 Å². The van der Waals surface area contributed by atoms with Crippen LogP contribution in [0.25, 0.3) is 32.8 Å². The number of carboxylic acids is 1. The van der Waals surface area contributed by atoms with Crippen LogP contribution >= 0.6 is 0 Å². The molecule has 2 aromatic heterocycles. The fourth-order valence-electron chi connectivity index (χ4n) is 4.34. The molecule has 2 aromatic carbocycles. The maximum Gasteiger partial charge on any atom is 0.341 e. The standard InChI is InChI=1S/C24H20N2O4/c1-12-8-16-9-15(4-5-17(16)14(3)25-12)18-6-7-19-21-23(18)30-11-13(2)26(21)10-20(22(19)27)24(28)29/h4-10,13H,11H2,1-3H3,(H,28,29). The minimum absolute atomic E-state index is 0.0815. The summed E-state index contributed by atoms with van der Waals surface area (Å²) in [4.78, 5) is 28.9. The van der Waals surface area contributed by atoms with Gasteiger partial charge in [-0.3, -0.25) is 9.78 Å². The van der Waals surface area contributed by atoms with Gasteiger partial charge in [0.05, 0.1) is 16.9 Å². The molecular weight excluding hydrogens is 380 g/mol. The first-order chi connectivity index (χ1) is 14.3. The molecule has 1 aliphatic rings. The number of carbonyl (C=O) groups is 1. The molecular formula is C24H20N2O4. The van der Waals surface area contributed by atoms with Gasteiger partial charge < -0.3 is 14.4 Å². The number of carboxylic acid groups (broad SMARTS) is 1. The summed E-state index contributed by atoms with van der Waals surface area (Å²) in [7, 11) is 0. The summed E-state index contributed by atoms with van der Waals surface area (Å²) in [6, 6.07) is 11.7. The Morgan fingerprint density at radius 1 is 1.17 bits per heavy atom. The second-order valence-corrected chi connectivity index (χ2v) is 7.87. The number of ether oxygens (including phenoxy) is 1. The van der Waals surface area contributed by atoms with Crippen LogP contribution < -0.4 is 10.2 Å². The number of pyridine rings is 2. The SMILES string of the molecule is Cc1cc2cc(-c3ccc4c(=O)c(C(=O)O)cn5c4c3OCC5C)ccc2c(C)n1. The first-order valence-electron chi connectivity index (χ1n) is 9.81. The summed E-state index contributed by atoms with van der Waals surface area (Å²) >= 11 is 0. The van der Waals surface area contributed by atoms with Crippen molar-refractivity contribution in [2.24, 2.45) is 0 Å². The Bertz CT molecular complexity index is 1440. The van der Waals surface area contributed by atoms with Crippen molar-refractivity contribution < 1.29 is 14.6 Å². The highest BCUT2D eigenvalue weighted by atomic mass is 16.5. The van der Waals surface area contributed by atoms with Gasteiger partial charge >= 0.3 is 5.97 Å². The van der Waals surface area contributed by atoms with Gasteiger partial charge in [-0.1, -0.05) is 12.1 Å². The third-order valence-electron chi connectivity index (χ3n) is 5.78. The van der Waals surface area contributed by atoms with Crippen molar-refractivity contribution in [1.29, 1.82) is 0 Å². The first-order valence-corrected chi connectivity index (χ1v) is 9.81. The number of rotatable bonds is 2. The molecule has 0 bridgehead atoms. The van der Waals surface area contributed by atoms with Crippen molar-refractivity contribution in [1.82, 2.24) is 9.55 Å². The van der Waals surface area contributed by atoms with Crippen molar-refractivity contribution in [3.8, 4) is 16.9 Å². The van der Waals surface area contributed by atoms with E-state index < -0.39 is 11.4 Å². The van der Waals surface area contributed by atoms with Gasteiger partial charge in [0, 0.05) is 28.5 Å². The van der Waals surface area contributed by atoms with Gasteiger partial charge in [0.15, 0.2) is 5.75 Å². The van der Waals surface area contributed by atoms with Gasteiger partial charge in [-0.05, 0) is 56.0 Å². The maximum absolute atomic E-state index is 12.8. The summed E-state index contributed by atoms with van der Waals surface area (Å²) in [6.07, 6.45) is 1.44. The Morgan fingerprint density at radius 3 is 2.70 bits per heavy atom. The van der Waals surface area contributed by atoms with Crippen LogP contribution in [0.5, 0.6) is 5.75 Å². The minimum Gasteiger partial charge on any atom is -0.489 e. The van der Waals surface area contributed by atoms with Gasteiger partial charge in [-0.25, -0.2) is 4.79 Å². The quantitative estimate of drug-likeness (QED) is 0.536. The van der Waals surface area contributed by atoms with Gasteiger partial charge in [-0.15, -0.1) is 0 Å². The highest BCUT2D eigenvalue weighted by Crippen LogP contribution is 2.40. The zero-order valence-electron chi connectivity index (χ0n) is 16.9. The molecule has 30 heavy (non-hydrogen) atoms. The van der Waals surface area contributed by atoms with Crippen molar-refractivity contribution >= 4 is 27.6 Å². The Hall–Kier alpha value is -3.67. The number of fused-ring (bicyclic) bond motifs is 1. The lowest BCUT2D eigenvalue weighted by Gasteiger charge is -2.28. The summed E-state index contributed by atoms with van der Waals surface area (Å²) < 4.78 is 7.94. The maximum atomic E-state index is 12.8. The van der Waals surface area contributed by atoms with Crippen molar-refractivity contribution in [2.45, 2.75) is 26.8 Å². The van der Waals surface area contributed by atoms with Crippen LogP contribution in [0.4, 0.5) is 0 Å². The van der Waals surface area contributed by atoms with E-state index in [9.17, 15) is 14.7 Å². The normalized spacial score (nSPS) is 15.4. The van der Waals surface area contributed by atoms with E-state index in [2.05, 4.69) is 23.2 Å². The molecule has 0 fully saturated rings. The van der Waals surface area contributed by atoms with E-state index in [1.54, 1.807) is 6.07 Å². The summed E-state index contributed by atoms with van der Waals surface area (Å²) in [5, 5.41) is 12.0. The molecule has 0 saturated carbocycles. The third-order valence-corrected chi connectivity index (χ3v) is 5.78. The number of aryl methyl sites for hydroxylation is 2. The van der Waals surface area contributed by atoms with Gasteiger partial charge in [0.2, 0.25) is 5.43 Å². The van der Waals surface area contributed by atoms with Gasteiger partial charge in [-0.2, -0.15) is 0 Å². The van der Waals surface area contributed by atoms with Gasteiger partial charge in [0.1, 0.15) is 12.2 Å². The minimum atomic E-state index is -1.22. The second-order valence-electron chi connectivity index (χ2n) is 7.87. The molecule has 6 heteroatoms. The molecule has 1 N–H and O–H groups in total. The third kappa shape index (κ3) is 2.60. The van der Waals surface area contributed by atoms with Crippen molar-refractivity contribution in [3.05, 3.63) is 69.8 Å². The molecule has 150 valence electrons. The van der Waals surface area contributed by atoms with E-state index in [-0.39, 0.29) is 11.6 Å². The molecule has 0 aliphatic carbocycles. The van der Waals surface area contributed by atoms with E-state index >= 15 is 0 Å². The monoisotopic (exact) mass is 400 g/mol. The van der Waals surface area contributed by atoms with Crippen LogP contribution in [-0.4, -0.2) is 27.2 Å². The van der Waals surface area contributed by atoms with Crippen LogP contribution in [0.1, 0.15) is 34.7 Å². The zero-order valence-corrected chi connectivity index (χ0v) is 16.9. The number of hydrogen-bond acceptors (Lipinski definition) is 4. The highest BCUT2D eigenvalue weighted by molar-refractivity contribution is 5.99. The molecule has 0 amide bonds. The Balaban J connectivity index is 1.82. The molecule has 0 saturated heterocycles. The van der Waals surface area contributed by atoms with Crippen LogP contribution in [-0.2, 0) is 0 Å². The molecule has 4 aromatic rings. The Morgan fingerprint density at radius 2 is 1.93 bits per heavy atom. The van der Waals surface area contributed by atoms with Crippen LogP contribution in [0, 0.1) is 13.8 Å². The van der Waals surface area contributed by atoms with Crippen molar-refractivity contribution in [2.75, 3.05) is 6.61 Å². The zero-order chi connectivity index (χ0) is 21.2. The topological polar surface area (TPSA) is 81.4 Å². The number of aromatic nitrogens is 2. The van der Waals surface area contributed by atoms with E-state index in [1.165, 1.54) is 6.20 Å². The fourth-order valence-corrected chi connectivity index (χ4v) is 4.34. The highest BCUT2D eigenvalue weighted by Gasteiger charge is 2.26. The summed E-state index contributed by atoms with van der Waals surface area (Å²) in [6.45, 7) is 6.32. The van der Waals surface area contributed by atoms with Crippen LogP contribution in [0.2, 0.25) is 0 Å². The number of benzene rings is 2. The van der Waals surface area contributed by atoms with Crippen molar-refractivity contribution in [3.63, 3.8) is 0 Å². The lowest BCUT2D eigenvalue weighted by atomic mass is 9.97. The molecule has 0 radical (unpaired) electrons. The van der Waals surface area contributed by atoms with E-state index in [4.69, 9.17) is 4.74 Å². The number of nitrogens with zero attached hydrogens (tertiary/aromatic N) is 2. The first kappa shape index (κ1) is 18.4. The molecule has 1 atom stereocenters. The average molecular weight is 400 g/mol. The second kappa shape index (κ2) is 6.42. The Kier molecular flexibility index (Phi) is 3.93. The summed E-state index contributed by atoms with van der Waals surface area (Å²) in [5.74, 6) is -0.606. The molecule has 6 nitrogen and oxygen atoms in total. The predicted molar refractivity (Wildman–Crippen MR) is 116 cm³/mol. The molecule has 3 heterocycles.